The average molecular weight is 317 g/mol. The first-order valence-corrected chi connectivity index (χ1v) is 7.66. The molecule has 5 nitrogen and oxygen atoms in total. The third kappa shape index (κ3) is 4.86. The molecule has 0 fully saturated rings. The molecule has 0 aliphatic rings. The first kappa shape index (κ1) is 17.1. The van der Waals surface area contributed by atoms with E-state index in [0.29, 0.717) is 12.4 Å². The number of aryl methyl sites for hydroxylation is 2. The lowest BCUT2D eigenvalue weighted by molar-refractivity contribution is -0.122. The van der Waals surface area contributed by atoms with Crippen molar-refractivity contribution in [3.63, 3.8) is 0 Å². The molecular formula is C18H23NO4. The highest BCUT2D eigenvalue weighted by Crippen LogP contribution is 2.23. The summed E-state index contributed by atoms with van der Waals surface area (Å²) >= 11 is 0. The Bertz CT molecular complexity index is 649. The van der Waals surface area contributed by atoms with Crippen LogP contribution in [0.1, 0.15) is 35.0 Å². The Balaban J connectivity index is 1.75. The Hall–Kier alpha value is -2.27. The summed E-state index contributed by atoms with van der Waals surface area (Å²) in [6.07, 6.45) is 0.883. The van der Waals surface area contributed by atoms with E-state index in [1.54, 1.807) is 12.1 Å². The average Bonchev–Trinajstić information content (AvgIpc) is 3.04. The molecule has 5 heteroatoms. The number of rotatable bonds is 7. The lowest BCUT2D eigenvalue weighted by Gasteiger charge is -2.13. The largest absolute Gasteiger partial charge is 0.493 e. The summed E-state index contributed by atoms with van der Waals surface area (Å²) in [4.78, 5) is 11.8. The number of aliphatic hydroxyl groups is 1. The number of hydrogen-bond donors (Lipinski definition) is 2. The number of aliphatic hydroxyl groups excluding tert-OH is 1. The van der Waals surface area contributed by atoms with Gasteiger partial charge in [-0.15, -0.1) is 0 Å². The van der Waals surface area contributed by atoms with Gasteiger partial charge < -0.3 is 19.6 Å². The van der Waals surface area contributed by atoms with Crippen molar-refractivity contribution in [2.45, 2.75) is 33.3 Å². The van der Waals surface area contributed by atoms with Gasteiger partial charge in [-0.1, -0.05) is 6.07 Å². The number of nitrogens with one attached hydrogen (secondary N) is 1. The minimum absolute atomic E-state index is 0.120. The van der Waals surface area contributed by atoms with Crippen LogP contribution in [0.25, 0.3) is 0 Å². The zero-order valence-corrected chi connectivity index (χ0v) is 13.8. The highest BCUT2D eigenvalue weighted by Gasteiger charge is 2.12. The molecule has 2 rings (SSSR count). The number of carbonyl (C=O) groups is 1. The van der Waals surface area contributed by atoms with Gasteiger partial charge in [0.2, 0.25) is 5.91 Å². The first-order valence-electron chi connectivity index (χ1n) is 7.66. The second-order valence-electron chi connectivity index (χ2n) is 5.64. The minimum atomic E-state index is -0.837. The Morgan fingerprint density at radius 3 is 2.83 bits per heavy atom. The molecule has 0 aliphatic carbocycles. The van der Waals surface area contributed by atoms with Gasteiger partial charge in [-0.2, -0.15) is 0 Å². The van der Waals surface area contributed by atoms with Crippen molar-refractivity contribution in [1.82, 2.24) is 5.32 Å². The molecule has 1 atom stereocenters. The van der Waals surface area contributed by atoms with Gasteiger partial charge in [-0.05, 0) is 55.7 Å². The van der Waals surface area contributed by atoms with Crippen molar-refractivity contribution >= 4 is 5.91 Å². The molecule has 0 bridgehead atoms. The number of furan rings is 1. The van der Waals surface area contributed by atoms with Crippen LogP contribution in [-0.2, 0) is 4.79 Å². The van der Waals surface area contributed by atoms with Crippen molar-refractivity contribution in [3.8, 4) is 5.75 Å². The van der Waals surface area contributed by atoms with E-state index in [1.807, 2.05) is 26.8 Å². The summed E-state index contributed by atoms with van der Waals surface area (Å²) in [6, 6.07) is 7.44. The van der Waals surface area contributed by atoms with Crippen molar-refractivity contribution in [1.29, 1.82) is 0 Å². The maximum atomic E-state index is 11.8. The van der Waals surface area contributed by atoms with Crippen LogP contribution < -0.4 is 10.1 Å². The summed E-state index contributed by atoms with van der Waals surface area (Å²) in [5.74, 6) is 1.08. The van der Waals surface area contributed by atoms with Crippen LogP contribution in [0.3, 0.4) is 0 Å². The Kier molecular flexibility index (Phi) is 5.82. The second kappa shape index (κ2) is 7.83. The molecule has 0 saturated carbocycles. The molecule has 2 N–H and O–H groups in total. The summed E-state index contributed by atoms with van der Waals surface area (Å²) in [6.45, 7) is 6.48. The SMILES string of the molecule is Cc1cc(C)c(C)c(OCCC(=O)NCC(O)c2ccco2)c1. The number of benzene rings is 1. The summed E-state index contributed by atoms with van der Waals surface area (Å²) in [7, 11) is 0. The molecule has 23 heavy (non-hydrogen) atoms. The van der Waals surface area contributed by atoms with Crippen molar-refractivity contribution in [2.75, 3.05) is 13.2 Å². The maximum Gasteiger partial charge on any atom is 0.223 e. The Morgan fingerprint density at radius 2 is 2.13 bits per heavy atom. The van der Waals surface area contributed by atoms with E-state index in [9.17, 15) is 9.90 Å². The van der Waals surface area contributed by atoms with Gasteiger partial charge >= 0.3 is 0 Å². The molecule has 0 saturated heterocycles. The van der Waals surface area contributed by atoms with Gasteiger partial charge in [-0.3, -0.25) is 4.79 Å². The van der Waals surface area contributed by atoms with Crippen LogP contribution in [0.2, 0.25) is 0 Å². The smallest absolute Gasteiger partial charge is 0.223 e. The normalized spacial score (nSPS) is 12.0. The quantitative estimate of drug-likeness (QED) is 0.824. The molecule has 1 unspecified atom stereocenters. The van der Waals surface area contributed by atoms with Gasteiger partial charge in [0.05, 0.1) is 25.8 Å². The Labute approximate surface area is 136 Å². The molecule has 0 aliphatic heterocycles. The molecule has 1 amide bonds. The highest BCUT2D eigenvalue weighted by atomic mass is 16.5. The van der Waals surface area contributed by atoms with Crippen molar-refractivity contribution < 1.29 is 19.1 Å². The number of amides is 1. The highest BCUT2D eigenvalue weighted by molar-refractivity contribution is 5.76. The second-order valence-corrected chi connectivity index (χ2v) is 5.64. The van der Waals surface area contributed by atoms with Gasteiger partial charge in [0.15, 0.2) is 0 Å². The van der Waals surface area contributed by atoms with Crippen LogP contribution in [0.5, 0.6) is 5.75 Å². The summed E-state index contributed by atoms with van der Waals surface area (Å²) in [5.41, 5.74) is 3.39. The van der Waals surface area contributed by atoms with E-state index < -0.39 is 6.10 Å². The molecular weight excluding hydrogens is 294 g/mol. The lowest BCUT2D eigenvalue weighted by atomic mass is 10.1. The predicted octanol–water partition coefficient (Wildman–Crippen LogP) is 2.82. The number of ether oxygens (including phenoxy) is 1. The van der Waals surface area contributed by atoms with Gasteiger partial charge in [0, 0.05) is 0 Å². The standard InChI is InChI=1S/C18H23NO4/c1-12-9-13(2)14(3)17(10-12)23-8-6-18(21)19-11-15(20)16-5-4-7-22-16/h4-5,7,9-10,15,20H,6,8,11H2,1-3H3,(H,19,21). The van der Waals surface area contributed by atoms with E-state index in [1.165, 1.54) is 11.8 Å². The minimum Gasteiger partial charge on any atom is -0.493 e. The van der Waals surface area contributed by atoms with E-state index in [4.69, 9.17) is 9.15 Å². The maximum absolute atomic E-state index is 11.8. The third-order valence-electron chi connectivity index (χ3n) is 3.71. The fraction of sp³-hybridized carbons (Fsp3) is 0.389. The monoisotopic (exact) mass is 317 g/mol. The Morgan fingerprint density at radius 1 is 1.35 bits per heavy atom. The zero-order valence-electron chi connectivity index (χ0n) is 13.8. The van der Waals surface area contributed by atoms with E-state index >= 15 is 0 Å². The van der Waals surface area contributed by atoms with Crippen LogP contribution in [0, 0.1) is 20.8 Å². The third-order valence-corrected chi connectivity index (χ3v) is 3.71. The number of hydrogen-bond acceptors (Lipinski definition) is 4. The van der Waals surface area contributed by atoms with Gasteiger partial charge in [0.1, 0.15) is 17.6 Å². The molecule has 1 aromatic carbocycles. The molecule has 1 aromatic heterocycles. The van der Waals surface area contributed by atoms with Crippen LogP contribution in [-0.4, -0.2) is 24.2 Å². The topological polar surface area (TPSA) is 71.7 Å². The number of carbonyl (C=O) groups excluding carboxylic acids is 1. The molecule has 1 heterocycles. The fourth-order valence-electron chi connectivity index (χ4n) is 2.28. The van der Waals surface area contributed by atoms with Gasteiger partial charge in [0.25, 0.3) is 0 Å². The van der Waals surface area contributed by atoms with Crippen LogP contribution in [0.15, 0.2) is 34.9 Å². The molecule has 0 radical (unpaired) electrons. The molecule has 2 aromatic rings. The van der Waals surface area contributed by atoms with E-state index in [0.717, 1.165) is 16.9 Å². The first-order chi connectivity index (χ1) is 11.0. The van der Waals surface area contributed by atoms with E-state index in [2.05, 4.69) is 11.4 Å². The fourth-order valence-corrected chi connectivity index (χ4v) is 2.28. The molecule has 0 spiro atoms. The van der Waals surface area contributed by atoms with Crippen molar-refractivity contribution in [2.24, 2.45) is 0 Å². The summed E-state index contributed by atoms with van der Waals surface area (Å²) in [5, 5.41) is 12.5. The van der Waals surface area contributed by atoms with E-state index in [-0.39, 0.29) is 18.9 Å². The van der Waals surface area contributed by atoms with Gasteiger partial charge in [-0.25, -0.2) is 0 Å². The summed E-state index contributed by atoms with van der Waals surface area (Å²) < 4.78 is 10.8. The zero-order chi connectivity index (χ0) is 16.8. The van der Waals surface area contributed by atoms with Crippen molar-refractivity contribution in [3.05, 3.63) is 53.0 Å². The predicted molar refractivity (Wildman–Crippen MR) is 87.4 cm³/mol. The van der Waals surface area contributed by atoms with Crippen LogP contribution >= 0.6 is 0 Å². The lowest BCUT2D eigenvalue weighted by Crippen LogP contribution is -2.29. The van der Waals surface area contributed by atoms with Crippen LogP contribution in [0.4, 0.5) is 0 Å². The molecule has 124 valence electrons.